The lowest BCUT2D eigenvalue weighted by atomic mass is 10.2. The highest BCUT2D eigenvalue weighted by atomic mass is 16.1. The number of hydrogen-bond donors (Lipinski definition) is 2. The van der Waals surface area contributed by atoms with Crippen molar-refractivity contribution in [2.45, 2.75) is 13.8 Å². The van der Waals surface area contributed by atoms with Crippen molar-refractivity contribution in [3.8, 4) is 11.3 Å². The number of aromatic nitrogens is 3. The molecule has 1 aliphatic heterocycles. The number of H-pyrrole nitrogens is 1. The van der Waals surface area contributed by atoms with E-state index in [9.17, 15) is 4.79 Å². The number of rotatable bonds is 6. The Morgan fingerprint density at radius 2 is 1.67 bits per heavy atom. The van der Waals surface area contributed by atoms with Crippen molar-refractivity contribution in [2.24, 2.45) is 5.92 Å². The summed E-state index contributed by atoms with van der Waals surface area (Å²) >= 11 is 0. The number of nitrogens with one attached hydrogen (secondary N) is 2. The molecule has 156 valence electrons. The molecular formula is C23H28N6O. The van der Waals surface area contributed by atoms with E-state index in [1.54, 1.807) is 0 Å². The summed E-state index contributed by atoms with van der Waals surface area (Å²) in [5, 5.41) is 11.3. The maximum Gasteiger partial charge on any atom is 0.279 e. The summed E-state index contributed by atoms with van der Waals surface area (Å²) in [4.78, 5) is 20.1. The Bertz CT molecular complexity index is 1010. The van der Waals surface area contributed by atoms with Crippen LogP contribution >= 0.6 is 0 Å². The molecule has 7 heteroatoms. The van der Waals surface area contributed by atoms with Gasteiger partial charge in [0.15, 0.2) is 5.69 Å². The second kappa shape index (κ2) is 9.09. The molecule has 0 saturated carbocycles. The Balaban J connectivity index is 1.38. The summed E-state index contributed by atoms with van der Waals surface area (Å²) in [5.41, 5.74) is 2.86. The Kier molecular flexibility index (Phi) is 6.09. The van der Waals surface area contributed by atoms with E-state index >= 15 is 0 Å². The topological polar surface area (TPSA) is 77.2 Å². The molecule has 1 aliphatic rings. The minimum atomic E-state index is -0.269. The third-order valence-corrected chi connectivity index (χ3v) is 5.24. The zero-order valence-electron chi connectivity index (χ0n) is 17.5. The normalized spacial score (nSPS) is 14.8. The fourth-order valence-electron chi connectivity index (χ4n) is 3.78. The standard InChI is InChI=1S/C23H28N6O/c1-17(2)16-28-12-14-29(15-13-28)20-10-8-19(9-11-20)24-23-25-22(30)21(26-27-23)18-6-4-3-5-7-18/h3-11,17H,12-16H2,1-2H3,(H2,24,25,27,30). The highest BCUT2D eigenvalue weighted by molar-refractivity contribution is 5.61. The van der Waals surface area contributed by atoms with Crippen molar-refractivity contribution in [3.05, 3.63) is 65.0 Å². The molecule has 0 spiro atoms. The Hall–Kier alpha value is -3.19. The van der Waals surface area contributed by atoms with Crippen LogP contribution in [0.2, 0.25) is 0 Å². The zero-order valence-corrected chi connectivity index (χ0v) is 17.5. The first-order valence-electron chi connectivity index (χ1n) is 10.5. The molecule has 0 aliphatic carbocycles. The van der Waals surface area contributed by atoms with Crippen LogP contribution in [0, 0.1) is 5.92 Å². The minimum Gasteiger partial charge on any atom is -0.369 e. The van der Waals surface area contributed by atoms with Gasteiger partial charge in [-0.15, -0.1) is 10.2 Å². The van der Waals surface area contributed by atoms with Crippen LogP contribution in [0.25, 0.3) is 11.3 Å². The first kappa shape index (κ1) is 20.1. The van der Waals surface area contributed by atoms with Gasteiger partial charge in [-0.2, -0.15) is 0 Å². The average Bonchev–Trinajstić information content (AvgIpc) is 2.75. The molecule has 4 rings (SSSR count). The average molecular weight is 405 g/mol. The Morgan fingerprint density at radius 1 is 0.967 bits per heavy atom. The van der Waals surface area contributed by atoms with Gasteiger partial charge in [0.25, 0.3) is 5.56 Å². The van der Waals surface area contributed by atoms with Crippen molar-refractivity contribution in [1.29, 1.82) is 0 Å². The van der Waals surface area contributed by atoms with Crippen molar-refractivity contribution in [1.82, 2.24) is 20.1 Å². The van der Waals surface area contributed by atoms with Gasteiger partial charge in [0, 0.05) is 49.7 Å². The largest absolute Gasteiger partial charge is 0.369 e. The summed E-state index contributed by atoms with van der Waals surface area (Å²) in [5.74, 6) is 1.04. The van der Waals surface area contributed by atoms with E-state index in [0.717, 1.165) is 37.4 Å². The van der Waals surface area contributed by atoms with Gasteiger partial charge >= 0.3 is 0 Å². The summed E-state index contributed by atoms with van der Waals surface area (Å²) in [6.45, 7) is 9.98. The fourth-order valence-corrected chi connectivity index (χ4v) is 3.78. The van der Waals surface area contributed by atoms with Crippen molar-refractivity contribution < 1.29 is 0 Å². The number of hydrogen-bond acceptors (Lipinski definition) is 6. The van der Waals surface area contributed by atoms with Crippen LogP contribution in [0.1, 0.15) is 13.8 Å². The quantitative estimate of drug-likeness (QED) is 0.656. The smallest absolute Gasteiger partial charge is 0.279 e. The van der Waals surface area contributed by atoms with Crippen molar-refractivity contribution in [2.75, 3.05) is 42.9 Å². The molecular weight excluding hydrogens is 376 g/mol. The first-order valence-corrected chi connectivity index (χ1v) is 10.5. The predicted molar refractivity (Wildman–Crippen MR) is 121 cm³/mol. The van der Waals surface area contributed by atoms with Crippen LogP contribution in [0.3, 0.4) is 0 Å². The van der Waals surface area contributed by atoms with Gasteiger partial charge in [-0.05, 0) is 30.2 Å². The third-order valence-electron chi connectivity index (χ3n) is 5.24. The maximum absolute atomic E-state index is 12.4. The molecule has 2 aromatic carbocycles. The van der Waals surface area contributed by atoms with E-state index in [1.165, 1.54) is 12.2 Å². The number of aromatic amines is 1. The van der Waals surface area contributed by atoms with Crippen LogP contribution in [0.5, 0.6) is 0 Å². The van der Waals surface area contributed by atoms with Gasteiger partial charge in [-0.1, -0.05) is 44.2 Å². The zero-order chi connectivity index (χ0) is 20.9. The van der Waals surface area contributed by atoms with Crippen molar-refractivity contribution in [3.63, 3.8) is 0 Å². The Morgan fingerprint density at radius 3 is 2.30 bits per heavy atom. The lowest BCUT2D eigenvalue weighted by molar-refractivity contribution is 0.231. The second-order valence-electron chi connectivity index (χ2n) is 8.07. The summed E-state index contributed by atoms with van der Waals surface area (Å²) in [6.07, 6.45) is 0. The van der Waals surface area contributed by atoms with Crippen LogP contribution in [-0.4, -0.2) is 52.8 Å². The molecule has 2 heterocycles. The van der Waals surface area contributed by atoms with E-state index in [0.29, 0.717) is 17.6 Å². The monoisotopic (exact) mass is 404 g/mol. The van der Waals surface area contributed by atoms with Gasteiger partial charge < -0.3 is 10.2 Å². The first-order chi connectivity index (χ1) is 14.6. The van der Waals surface area contributed by atoms with Crippen LogP contribution in [0.4, 0.5) is 17.3 Å². The molecule has 0 atom stereocenters. The molecule has 7 nitrogen and oxygen atoms in total. The molecule has 0 radical (unpaired) electrons. The number of benzene rings is 2. The van der Waals surface area contributed by atoms with Gasteiger partial charge in [-0.25, -0.2) is 0 Å². The van der Waals surface area contributed by atoms with E-state index in [-0.39, 0.29) is 5.56 Å². The number of piperazine rings is 1. The van der Waals surface area contributed by atoms with Gasteiger partial charge in [0.1, 0.15) is 0 Å². The molecule has 1 fully saturated rings. The molecule has 0 unspecified atom stereocenters. The molecule has 1 aromatic heterocycles. The number of nitrogens with zero attached hydrogens (tertiary/aromatic N) is 4. The van der Waals surface area contributed by atoms with E-state index in [1.807, 2.05) is 42.5 Å². The molecule has 0 bridgehead atoms. The predicted octanol–water partition coefficient (Wildman–Crippen LogP) is 3.35. The second-order valence-corrected chi connectivity index (χ2v) is 8.07. The summed E-state index contributed by atoms with van der Waals surface area (Å²) in [7, 11) is 0. The lowest BCUT2D eigenvalue weighted by Gasteiger charge is -2.36. The van der Waals surface area contributed by atoms with Gasteiger partial charge in [0.05, 0.1) is 0 Å². The molecule has 2 N–H and O–H groups in total. The molecule has 30 heavy (non-hydrogen) atoms. The highest BCUT2D eigenvalue weighted by Gasteiger charge is 2.17. The molecule has 1 saturated heterocycles. The van der Waals surface area contributed by atoms with Crippen LogP contribution < -0.4 is 15.8 Å². The molecule has 3 aromatic rings. The Labute approximate surface area is 176 Å². The summed E-state index contributed by atoms with van der Waals surface area (Å²) in [6, 6.07) is 17.5. The minimum absolute atomic E-state index is 0.269. The lowest BCUT2D eigenvalue weighted by Crippen LogP contribution is -2.47. The van der Waals surface area contributed by atoms with Gasteiger partial charge in [0.2, 0.25) is 5.95 Å². The summed E-state index contributed by atoms with van der Waals surface area (Å²) < 4.78 is 0. The fraction of sp³-hybridized carbons (Fsp3) is 0.348. The van der Waals surface area contributed by atoms with E-state index in [2.05, 4.69) is 56.3 Å². The van der Waals surface area contributed by atoms with E-state index < -0.39 is 0 Å². The van der Waals surface area contributed by atoms with Gasteiger partial charge in [-0.3, -0.25) is 14.7 Å². The molecule has 0 amide bonds. The highest BCUT2D eigenvalue weighted by Crippen LogP contribution is 2.21. The number of anilines is 3. The SMILES string of the molecule is CC(C)CN1CCN(c2ccc(Nc3nnc(-c4ccccc4)c(=O)[nH]3)cc2)CC1. The van der Waals surface area contributed by atoms with Crippen LogP contribution in [-0.2, 0) is 0 Å². The third kappa shape index (κ3) is 4.86. The maximum atomic E-state index is 12.4. The van der Waals surface area contributed by atoms with Crippen molar-refractivity contribution >= 4 is 17.3 Å². The van der Waals surface area contributed by atoms with E-state index in [4.69, 9.17) is 0 Å². The van der Waals surface area contributed by atoms with Crippen LogP contribution in [0.15, 0.2) is 59.4 Å².